The highest BCUT2D eigenvalue weighted by molar-refractivity contribution is 7.09. The van der Waals surface area contributed by atoms with Crippen LogP contribution in [0.15, 0.2) is 36.2 Å². The first kappa shape index (κ1) is 14.6. The van der Waals surface area contributed by atoms with E-state index in [1.165, 1.54) is 0 Å². The molecule has 0 aliphatic rings. The second-order valence-corrected chi connectivity index (χ2v) is 6.20. The third-order valence-corrected chi connectivity index (χ3v) is 4.29. The Hall–Kier alpha value is -3.00. The fraction of sp³-hybridized carbons (Fsp3) is 0.125. The number of H-pyrrole nitrogens is 1. The molecular weight excluding hydrogens is 324 g/mol. The number of pyridine rings is 1. The highest BCUT2D eigenvalue weighted by atomic mass is 32.1. The lowest BCUT2D eigenvalue weighted by atomic mass is 10.1. The van der Waals surface area contributed by atoms with Crippen LogP contribution in [0.5, 0.6) is 5.88 Å². The molecule has 0 saturated carbocycles. The van der Waals surface area contributed by atoms with E-state index in [4.69, 9.17) is 10.5 Å². The van der Waals surface area contributed by atoms with Gasteiger partial charge in [-0.15, -0.1) is 11.3 Å². The Morgan fingerprint density at radius 3 is 3.04 bits per heavy atom. The summed E-state index contributed by atoms with van der Waals surface area (Å²) < 4.78 is 5.95. The van der Waals surface area contributed by atoms with Crippen LogP contribution in [-0.4, -0.2) is 24.9 Å². The van der Waals surface area contributed by atoms with Gasteiger partial charge in [-0.3, -0.25) is 4.98 Å². The number of nitrogens with two attached hydrogens (primary N) is 1. The molecule has 3 N–H and O–H groups in total. The van der Waals surface area contributed by atoms with E-state index in [0.717, 1.165) is 27.0 Å². The van der Waals surface area contributed by atoms with Crippen molar-refractivity contribution in [1.82, 2.24) is 24.9 Å². The number of nitrogen functional groups attached to an aromatic ring is 1. The summed E-state index contributed by atoms with van der Waals surface area (Å²) in [6.45, 7) is 2.25. The summed E-state index contributed by atoms with van der Waals surface area (Å²) in [5.74, 6) is 1.64. The molecule has 8 heteroatoms. The molecule has 0 amide bonds. The van der Waals surface area contributed by atoms with Gasteiger partial charge in [-0.25, -0.2) is 9.97 Å². The maximum absolute atomic E-state index is 5.95. The first-order valence-corrected chi connectivity index (χ1v) is 8.16. The molecule has 0 radical (unpaired) electrons. The number of aromatic nitrogens is 5. The highest BCUT2D eigenvalue weighted by Gasteiger charge is 2.16. The predicted molar refractivity (Wildman–Crippen MR) is 92.7 cm³/mol. The Balaban J connectivity index is 1.81. The predicted octanol–water partition coefficient (Wildman–Crippen LogP) is 2.95. The number of nitrogens with zero attached hydrogens (tertiary/aromatic N) is 4. The molecule has 0 aromatic carbocycles. The molecule has 4 aromatic heterocycles. The zero-order chi connectivity index (χ0) is 16.5. The second kappa shape index (κ2) is 5.89. The summed E-state index contributed by atoms with van der Waals surface area (Å²) in [6.07, 6.45) is 5.35. The number of hydrogen-bond donors (Lipinski definition) is 2. The summed E-state index contributed by atoms with van der Waals surface area (Å²) >= 11 is 1.54. The van der Waals surface area contributed by atoms with Crippen LogP contribution in [0.4, 0.5) is 5.82 Å². The lowest BCUT2D eigenvalue weighted by Gasteiger charge is -2.08. The third kappa shape index (κ3) is 2.67. The summed E-state index contributed by atoms with van der Waals surface area (Å²) in [5, 5.41) is 0.829. The number of fused-ring (bicyclic) bond motifs is 1. The molecule has 0 atom stereocenters. The normalized spacial score (nSPS) is 11.0. The van der Waals surface area contributed by atoms with Crippen molar-refractivity contribution in [3.8, 4) is 17.0 Å². The SMILES string of the molecule is Cc1nc(OCc2cncs2)c2c(-c3ccnc(N)c3)c[nH]c2n1. The number of hydrogen-bond acceptors (Lipinski definition) is 7. The molecule has 0 aliphatic heterocycles. The van der Waals surface area contributed by atoms with Crippen LogP contribution < -0.4 is 10.5 Å². The molecule has 0 bridgehead atoms. The fourth-order valence-corrected chi connectivity index (χ4v) is 3.01. The second-order valence-electron chi connectivity index (χ2n) is 5.23. The number of ether oxygens (including phenoxy) is 1. The molecule has 4 heterocycles. The van der Waals surface area contributed by atoms with Crippen molar-refractivity contribution in [2.24, 2.45) is 0 Å². The number of aromatic amines is 1. The van der Waals surface area contributed by atoms with E-state index in [2.05, 4.69) is 24.9 Å². The Morgan fingerprint density at radius 1 is 1.33 bits per heavy atom. The summed E-state index contributed by atoms with van der Waals surface area (Å²) in [6, 6.07) is 3.71. The van der Waals surface area contributed by atoms with Crippen LogP contribution >= 0.6 is 11.3 Å². The summed E-state index contributed by atoms with van der Waals surface area (Å²) in [4.78, 5) is 21.2. The van der Waals surface area contributed by atoms with Crippen molar-refractivity contribution in [2.45, 2.75) is 13.5 Å². The van der Waals surface area contributed by atoms with Gasteiger partial charge in [0.25, 0.3) is 0 Å². The van der Waals surface area contributed by atoms with E-state index in [-0.39, 0.29) is 0 Å². The van der Waals surface area contributed by atoms with E-state index >= 15 is 0 Å². The molecule has 0 spiro atoms. The van der Waals surface area contributed by atoms with E-state index in [1.54, 1.807) is 29.2 Å². The topological polar surface area (TPSA) is 103 Å². The van der Waals surface area contributed by atoms with Crippen LogP contribution in [0, 0.1) is 6.92 Å². The average Bonchev–Trinajstić information content (AvgIpc) is 3.22. The standard InChI is InChI=1S/C16H14N6OS/c1-9-21-15-14(16(22-9)23-7-11-5-18-8-24-11)12(6-20-15)10-2-3-19-13(17)4-10/h2-6,8H,7H2,1H3,(H2,17,19)(H,20,21,22). The quantitative estimate of drug-likeness (QED) is 0.593. The van der Waals surface area contributed by atoms with E-state index in [1.807, 2.05) is 25.3 Å². The van der Waals surface area contributed by atoms with Gasteiger partial charge in [-0.2, -0.15) is 4.98 Å². The highest BCUT2D eigenvalue weighted by Crippen LogP contribution is 2.34. The zero-order valence-electron chi connectivity index (χ0n) is 12.9. The number of aryl methyl sites for hydroxylation is 1. The minimum Gasteiger partial charge on any atom is -0.471 e. The van der Waals surface area contributed by atoms with Gasteiger partial charge < -0.3 is 15.5 Å². The maximum Gasteiger partial charge on any atom is 0.227 e. The largest absolute Gasteiger partial charge is 0.471 e. The van der Waals surface area contributed by atoms with Gasteiger partial charge in [0.05, 0.1) is 15.8 Å². The minimum atomic E-state index is 0.416. The van der Waals surface area contributed by atoms with Crippen molar-refractivity contribution in [1.29, 1.82) is 0 Å². The zero-order valence-corrected chi connectivity index (χ0v) is 13.7. The van der Waals surface area contributed by atoms with Gasteiger partial charge in [-0.1, -0.05) is 0 Å². The minimum absolute atomic E-state index is 0.416. The lowest BCUT2D eigenvalue weighted by molar-refractivity contribution is 0.300. The number of rotatable bonds is 4. The van der Waals surface area contributed by atoms with Gasteiger partial charge in [0, 0.05) is 24.2 Å². The molecule has 120 valence electrons. The first-order valence-electron chi connectivity index (χ1n) is 7.28. The Bertz CT molecular complexity index is 995. The number of nitrogens with one attached hydrogen (secondary N) is 1. The van der Waals surface area contributed by atoms with Crippen LogP contribution in [0.2, 0.25) is 0 Å². The van der Waals surface area contributed by atoms with E-state index in [9.17, 15) is 0 Å². The molecule has 0 fully saturated rings. The lowest BCUT2D eigenvalue weighted by Crippen LogP contribution is -1.99. The van der Waals surface area contributed by atoms with Gasteiger partial charge in [0.2, 0.25) is 5.88 Å². The average molecular weight is 338 g/mol. The molecule has 4 aromatic rings. The molecule has 0 aliphatic carbocycles. The van der Waals surface area contributed by atoms with Crippen molar-refractivity contribution < 1.29 is 4.74 Å². The summed E-state index contributed by atoms with van der Waals surface area (Å²) in [7, 11) is 0. The van der Waals surface area contributed by atoms with E-state index < -0.39 is 0 Å². The monoisotopic (exact) mass is 338 g/mol. The van der Waals surface area contributed by atoms with Crippen LogP contribution in [-0.2, 0) is 6.61 Å². The van der Waals surface area contributed by atoms with Crippen LogP contribution in [0.1, 0.15) is 10.7 Å². The van der Waals surface area contributed by atoms with Gasteiger partial charge in [0.1, 0.15) is 23.9 Å². The molecule has 0 saturated heterocycles. The molecule has 24 heavy (non-hydrogen) atoms. The molecule has 7 nitrogen and oxygen atoms in total. The van der Waals surface area contributed by atoms with Gasteiger partial charge in [0.15, 0.2) is 0 Å². The fourth-order valence-electron chi connectivity index (χ4n) is 2.51. The Kier molecular flexibility index (Phi) is 3.58. The van der Waals surface area contributed by atoms with Crippen molar-refractivity contribution in [2.75, 3.05) is 5.73 Å². The van der Waals surface area contributed by atoms with Crippen LogP contribution in [0.25, 0.3) is 22.2 Å². The summed E-state index contributed by atoms with van der Waals surface area (Å²) in [5.41, 5.74) is 10.2. The smallest absolute Gasteiger partial charge is 0.227 e. The number of anilines is 1. The van der Waals surface area contributed by atoms with Crippen molar-refractivity contribution in [3.05, 3.63) is 46.9 Å². The Labute approximate surface area is 141 Å². The first-order chi connectivity index (χ1) is 11.7. The molecule has 0 unspecified atom stereocenters. The van der Waals surface area contributed by atoms with Crippen molar-refractivity contribution >= 4 is 28.2 Å². The molecular formula is C16H14N6OS. The Morgan fingerprint density at radius 2 is 2.25 bits per heavy atom. The molecule has 4 rings (SSSR count). The van der Waals surface area contributed by atoms with Crippen molar-refractivity contribution in [3.63, 3.8) is 0 Å². The number of thiazole rings is 1. The van der Waals surface area contributed by atoms with Crippen LogP contribution in [0.3, 0.4) is 0 Å². The maximum atomic E-state index is 5.95. The third-order valence-electron chi connectivity index (χ3n) is 3.54. The van der Waals surface area contributed by atoms with E-state index in [0.29, 0.717) is 24.1 Å². The van der Waals surface area contributed by atoms with Gasteiger partial charge >= 0.3 is 0 Å². The van der Waals surface area contributed by atoms with Gasteiger partial charge in [-0.05, 0) is 24.6 Å².